The topological polar surface area (TPSA) is 78.3 Å². The number of ether oxygens (including phenoxy) is 1. The van der Waals surface area contributed by atoms with Crippen molar-refractivity contribution in [2.24, 2.45) is 0 Å². The van der Waals surface area contributed by atoms with Crippen LogP contribution in [0.15, 0.2) is 6.07 Å². The fourth-order valence-corrected chi connectivity index (χ4v) is 1.41. The number of aryl methyl sites for hydroxylation is 2. The van der Waals surface area contributed by atoms with E-state index in [-0.39, 0.29) is 0 Å². The molecular weight excluding hydrogens is 180 g/mol. The lowest BCUT2D eigenvalue weighted by molar-refractivity contribution is 0.0601. The Morgan fingerprint density at radius 2 is 1.79 bits per heavy atom. The van der Waals surface area contributed by atoms with Crippen molar-refractivity contribution in [3.05, 3.63) is 22.8 Å². The maximum atomic E-state index is 11.4. The molecule has 1 rings (SSSR count). The number of nitrogen functional groups attached to an aromatic ring is 2. The van der Waals surface area contributed by atoms with Gasteiger partial charge in [0.15, 0.2) is 0 Å². The van der Waals surface area contributed by atoms with Crippen LogP contribution in [0.2, 0.25) is 0 Å². The predicted molar refractivity (Wildman–Crippen MR) is 56.1 cm³/mol. The van der Waals surface area contributed by atoms with Crippen LogP contribution in [-0.2, 0) is 4.74 Å². The van der Waals surface area contributed by atoms with Crippen molar-refractivity contribution in [2.75, 3.05) is 18.6 Å². The number of hydrogen-bond donors (Lipinski definition) is 2. The molecule has 76 valence electrons. The molecule has 1 aromatic carbocycles. The lowest BCUT2D eigenvalue weighted by atomic mass is 10.0. The summed E-state index contributed by atoms with van der Waals surface area (Å²) in [5.74, 6) is -0.452. The first-order chi connectivity index (χ1) is 6.49. The van der Waals surface area contributed by atoms with E-state index < -0.39 is 5.97 Å². The van der Waals surface area contributed by atoms with E-state index in [1.54, 1.807) is 6.92 Å². The fraction of sp³-hybridized carbons (Fsp3) is 0.300. The maximum Gasteiger partial charge on any atom is 0.340 e. The van der Waals surface area contributed by atoms with Gasteiger partial charge in [0.25, 0.3) is 0 Å². The Labute approximate surface area is 82.8 Å². The van der Waals surface area contributed by atoms with Crippen LogP contribution >= 0.6 is 0 Å². The van der Waals surface area contributed by atoms with Crippen LogP contribution in [0, 0.1) is 13.8 Å². The first kappa shape index (κ1) is 10.4. The van der Waals surface area contributed by atoms with E-state index in [1.807, 2.05) is 13.0 Å². The van der Waals surface area contributed by atoms with Crippen LogP contribution in [0.4, 0.5) is 11.4 Å². The van der Waals surface area contributed by atoms with E-state index in [2.05, 4.69) is 4.74 Å². The van der Waals surface area contributed by atoms with Gasteiger partial charge in [0.2, 0.25) is 0 Å². The normalized spacial score (nSPS) is 9.93. The van der Waals surface area contributed by atoms with Crippen LogP contribution in [0.25, 0.3) is 0 Å². The summed E-state index contributed by atoms with van der Waals surface area (Å²) in [7, 11) is 1.32. The molecule has 0 heterocycles. The molecule has 0 aliphatic heterocycles. The molecule has 4 heteroatoms. The van der Waals surface area contributed by atoms with Crippen molar-refractivity contribution in [3.63, 3.8) is 0 Å². The summed E-state index contributed by atoms with van der Waals surface area (Å²) in [4.78, 5) is 11.4. The molecule has 0 atom stereocenters. The first-order valence-electron chi connectivity index (χ1n) is 4.22. The second-order valence-corrected chi connectivity index (χ2v) is 3.20. The minimum absolute atomic E-state index is 0.300. The number of carbonyl (C=O) groups is 1. The third-order valence-electron chi connectivity index (χ3n) is 2.20. The monoisotopic (exact) mass is 194 g/mol. The van der Waals surface area contributed by atoms with Crippen LogP contribution in [0.1, 0.15) is 21.5 Å². The number of carbonyl (C=O) groups excluding carboxylic acids is 1. The Morgan fingerprint density at radius 1 is 1.21 bits per heavy atom. The number of nitrogens with two attached hydrogens (primary N) is 2. The molecule has 0 aromatic heterocycles. The van der Waals surface area contributed by atoms with Gasteiger partial charge >= 0.3 is 5.97 Å². The number of esters is 1. The quantitative estimate of drug-likeness (QED) is 0.521. The zero-order valence-corrected chi connectivity index (χ0v) is 8.55. The smallest absolute Gasteiger partial charge is 0.340 e. The minimum Gasteiger partial charge on any atom is -0.465 e. The third-order valence-corrected chi connectivity index (χ3v) is 2.20. The van der Waals surface area contributed by atoms with E-state index in [4.69, 9.17) is 11.5 Å². The minimum atomic E-state index is -0.452. The molecule has 4 N–H and O–H groups in total. The zero-order valence-electron chi connectivity index (χ0n) is 8.55. The standard InChI is InChI=1S/C10H14N2O2/c1-5-4-6(2)8(11)9(12)7(5)10(13)14-3/h4H,11-12H2,1-3H3. The summed E-state index contributed by atoms with van der Waals surface area (Å²) < 4.78 is 4.62. The van der Waals surface area contributed by atoms with Crippen molar-refractivity contribution < 1.29 is 9.53 Å². The number of rotatable bonds is 1. The summed E-state index contributed by atoms with van der Waals surface area (Å²) in [5, 5.41) is 0. The third kappa shape index (κ3) is 1.51. The van der Waals surface area contributed by atoms with Crippen LogP contribution in [-0.4, -0.2) is 13.1 Å². The molecule has 14 heavy (non-hydrogen) atoms. The summed E-state index contributed by atoms with van der Waals surface area (Å²) in [6.45, 7) is 3.65. The van der Waals surface area contributed by atoms with Crippen molar-refractivity contribution in [1.29, 1.82) is 0 Å². The van der Waals surface area contributed by atoms with Gasteiger partial charge in [-0.2, -0.15) is 0 Å². The van der Waals surface area contributed by atoms with E-state index >= 15 is 0 Å². The molecule has 0 unspecified atom stereocenters. The van der Waals surface area contributed by atoms with Crippen molar-refractivity contribution in [3.8, 4) is 0 Å². The Bertz CT molecular complexity index is 386. The van der Waals surface area contributed by atoms with Gasteiger partial charge in [-0.1, -0.05) is 6.07 Å². The molecule has 0 saturated carbocycles. The summed E-state index contributed by atoms with van der Waals surface area (Å²) in [5.41, 5.74) is 14.2. The van der Waals surface area contributed by atoms with Gasteiger partial charge in [-0.3, -0.25) is 0 Å². The fourth-order valence-electron chi connectivity index (χ4n) is 1.41. The van der Waals surface area contributed by atoms with Gasteiger partial charge < -0.3 is 16.2 Å². The van der Waals surface area contributed by atoms with E-state index in [0.717, 1.165) is 11.1 Å². The van der Waals surface area contributed by atoms with Crippen LogP contribution in [0.5, 0.6) is 0 Å². The van der Waals surface area contributed by atoms with Gasteiger partial charge in [0.05, 0.1) is 24.0 Å². The highest BCUT2D eigenvalue weighted by atomic mass is 16.5. The molecule has 0 saturated heterocycles. The van der Waals surface area contributed by atoms with Gasteiger partial charge in [0.1, 0.15) is 0 Å². The van der Waals surface area contributed by atoms with Crippen LogP contribution < -0.4 is 11.5 Å². The van der Waals surface area contributed by atoms with Crippen molar-refractivity contribution in [1.82, 2.24) is 0 Å². The average Bonchev–Trinajstić information content (AvgIpc) is 2.14. The Kier molecular flexibility index (Phi) is 2.65. The highest BCUT2D eigenvalue weighted by molar-refractivity contribution is 6.00. The van der Waals surface area contributed by atoms with E-state index in [9.17, 15) is 4.79 Å². The van der Waals surface area contributed by atoms with Crippen molar-refractivity contribution >= 4 is 17.3 Å². The summed E-state index contributed by atoms with van der Waals surface area (Å²) in [6.07, 6.45) is 0. The van der Waals surface area contributed by atoms with Gasteiger partial charge in [-0.15, -0.1) is 0 Å². The number of methoxy groups -OCH3 is 1. The van der Waals surface area contributed by atoms with Gasteiger partial charge in [-0.05, 0) is 25.0 Å². The molecule has 0 spiro atoms. The molecule has 0 amide bonds. The van der Waals surface area contributed by atoms with Gasteiger partial charge in [0, 0.05) is 0 Å². The molecule has 0 radical (unpaired) electrons. The predicted octanol–water partition coefficient (Wildman–Crippen LogP) is 1.25. The molecule has 1 aromatic rings. The summed E-state index contributed by atoms with van der Waals surface area (Å²) in [6, 6.07) is 1.82. The molecule has 0 bridgehead atoms. The Balaban J connectivity index is 3.44. The average molecular weight is 194 g/mol. The largest absolute Gasteiger partial charge is 0.465 e. The molecule has 0 fully saturated rings. The number of hydrogen-bond acceptors (Lipinski definition) is 4. The maximum absolute atomic E-state index is 11.4. The molecular formula is C10H14N2O2. The summed E-state index contributed by atoms with van der Waals surface area (Å²) >= 11 is 0. The van der Waals surface area contributed by atoms with Gasteiger partial charge in [-0.25, -0.2) is 4.79 Å². The Morgan fingerprint density at radius 3 is 2.29 bits per heavy atom. The van der Waals surface area contributed by atoms with E-state index in [1.165, 1.54) is 7.11 Å². The number of anilines is 2. The highest BCUT2D eigenvalue weighted by Gasteiger charge is 2.16. The second kappa shape index (κ2) is 3.57. The molecule has 4 nitrogen and oxygen atoms in total. The SMILES string of the molecule is COC(=O)c1c(C)cc(C)c(N)c1N. The Hall–Kier alpha value is -1.71. The van der Waals surface area contributed by atoms with Crippen molar-refractivity contribution in [2.45, 2.75) is 13.8 Å². The number of benzene rings is 1. The molecule has 0 aliphatic rings. The lowest BCUT2D eigenvalue weighted by Crippen LogP contribution is -2.11. The lowest BCUT2D eigenvalue weighted by Gasteiger charge is -2.12. The van der Waals surface area contributed by atoms with E-state index in [0.29, 0.717) is 16.9 Å². The molecule has 0 aliphatic carbocycles. The first-order valence-corrected chi connectivity index (χ1v) is 4.22. The second-order valence-electron chi connectivity index (χ2n) is 3.20. The van der Waals surface area contributed by atoms with Crippen LogP contribution in [0.3, 0.4) is 0 Å². The highest BCUT2D eigenvalue weighted by Crippen LogP contribution is 2.27. The zero-order chi connectivity index (χ0) is 10.9.